The monoisotopic (exact) mass is 284 g/mol. The maximum atomic E-state index is 11.4. The molecule has 2 rings (SSSR count). The molecule has 0 N–H and O–H groups in total. The van der Waals surface area contributed by atoms with E-state index in [4.69, 9.17) is 14.2 Å². The number of aldehydes is 1. The van der Waals surface area contributed by atoms with Crippen molar-refractivity contribution < 1.29 is 28.5 Å². The highest BCUT2D eigenvalue weighted by Crippen LogP contribution is 2.36. The molecule has 2 saturated heterocycles. The smallest absolute Gasteiger partial charge is 0.330 e. The van der Waals surface area contributed by atoms with E-state index in [-0.39, 0.29) is 24.5 Å². The van der Waals surface area contributed by atoms with Crippen molar-refractivity contribution in [3.05, 3.63) is 11.6 Å². The highest BCUT2D eigenvalue weighted by atomic mass is 16.7. The first kappa shape index (κ1) is 15.2. The van der Waals surface area contributed by atoms with Gasteiger partial charge >= 0.3 is 5.97 Å². The molecule has 6 nitrogen and oxygen atoms in total. The summed E-state index contributed by atoms with van der Waals surface area (Å²) in [6.45, 7) is 4.39. The van der Waals surface area contributed by atoms with Crippen LogP contribution in [0.1, 0.15) is 20.3 Å². The van der Waals surface area contributed by atoms with Crippen LogP contribution in [-0.2, 0) is 28.5 Å². The van der Waals surface area contributed by atoms with E-state index < -0.39 is 11.8 Å². The molecule has 0 aromatic carbocycles. The Morgan fingerprint density at radius 2 is 2.25 bits per heavy atom. The average molecular weight is 284 g/mol. The normalized spacial score (nSPS) is 34.4. The van der Waals surface area contributed by atoms with Crippen LogP contribution in [0.2, 0.25) is 0 Å². The molecule has 0 spiro atoms. The van der Waals surface area contributed by atoms with Crippen molar-refractivity contribution in [3.63, 3.8) is 0 Å². The van der Waals surface area contributed by atoms with Crippen molar-refractivity contribution in [1.82, 2.24) is 0 Å². The zero-order valence-corrected chi connectivity index (χ0v) is 12.0. The van der Waals surface area contributed by atoms with Gasteiger partial charge in [-0.05, 0) is 19.4 Å². The molecule has 0 aromatic heterocycles. The SMILES string of the molecule is COC(=O)/C=C1/CO[C@H]([C@H]2COC(C)(C)O2)[C@H]1CC=O. The third kappa shape index (κ3) is 3.26. The lowest BCUT2D eigenvalue weighted by atomic mass is 9.90. The van der Waals surface area contributed by atoms with Crippen LogP contribution in [0.15, 0.2) is 11.6 Å². The zero-order valence-electron chi connectivity index (χ0n) is 12.0. The standard InChI is InChI=1S/C14H20O6/c1-14(2)19-8-11(20-14)13-10(4-5-15)9(7-18-13)6-12(16)17-3/h5-6,10-11,13H,4,7-8H2,1-3H3/b9-6-/t10-,11+,13-/m0/s1. The molecule has 2 aliphatic rings. The summed E-state index contributed by atoms with van der Waals surface area (Å²) in [6, 6.07) is 0. The lowest BCUT2D eigenvalue weighted by Gasteiger charge is -2.24. The number of rotatable bonds is 4. The lowest BCUT2D eigenvalue weighted by molar-refractivity contribution is -0.155. The van der Waals surface area contributed by atoms with Crippen LogP contribution in [0.4, 0.5) is 0 Å². The maximum absolute atomic E-state index is 11.4. The van der Waals surface area contributed by atoms with Crippen molar-refractivity contribution in [1.29, 1.82) is 0 Å². The zero-order chi connectivity index (χ0) is 14.8. The fraction of sp³-hybridized carbons (Fsp3) is 0.714. The summed E-state index contributed by atoms with van der Waals surface area (Å²) in [5.74, 6) is -1.26. The Kier molecular flexibility index (Phi) is 4.57. The van der Waals surface area contributed by atoms with Crippen molar-refractivity contribution in [3.8, 4) is 0 Å². The molecule has 3 atom stereocenters. The molecule has 112 valence electrons. The molecule has 0 unspecified atom stereocenters. The van der Waals surface area contributed by atoms with Crippen LogP contribution in [0.5, 0.6) is 0 Å². The molecule has 0 aromatic rings. The third-order valence-corrected chi connectivity index (χ3v) is 3.57. The number of hydrogen-bond acceptors (Lipinski definition) is 6. The molecule has 0 amide bonds. The highest BCUT2D eigenvalue weighted by Gasteiger charge is 2.45. The van der Waals surface area contributed by atoms with Gasteiger partial charge in [-0.3, -0.25) is 0 Å². The fourth-order valence-electron chi connectivity index (χ4n) is 2.62. The van der Waals surface area contributed by atoms with Gasteiger partial charge in [-0.25, -0.2) is 4.79 Å². The van der Waals surface area contributed by atoms with Gasteiger partial charge in [-0.1, -0.05) is 0 Å². The Balaban J connectivity index is 2.12. The topological polar surface area (TPSA) is 71.1 Å². The van der Waals surface area contributed by atoms with E-state index >= 15 is 0 Å². The summed E-state index contributed by atoms with van der Waals surface area (Å²) in [5.41, 5.74) is 0.766. The van der Waals surface area contributed by atoms with Crippen LogP contribution in [0.25, 0.3) is 0 Å². The summed E-state index contributed by atoms with van der Waals surface area (Å²) in [6.07, 6.45) is 2.00. The van der Waals surface area contributed by atoms with Gasteiger partial charge in [0, 0.05) is 18.4 Å². The summed E-state index contributed by atoms with van der Waals surface area (Å²) >= 11 is 0. The molecule has 0 radical (unpaired) electrons. The molecular formula is C14H20O6. The summed E-state index contributed by atoms with van der Waals surface area (Å²) in [4.78, 5) is 22.2. The quantitative estimate of drug-likeness (QED) is 0.433. The minimum absolute atomic E-state index is 0.172. The Bertz CT molecular complexity index is 414. The fourth-order valence-corrected chi connectivity index (χ4v) is 2.62. The summed E-state index contributed by atoms with van der Waals surface area (Å²) in [5, 5.41) is 0. The van der Waals surface area contributed by atoms with Crippen LogP contribution in [0.3, 0.4) is 0 Å². The predicted molar refractivity (Wildman–Crippen MR) is 68.9 cm³/mol. The average Bonchev–Trinajstić information content (AvgIpc) is 2.94. The maximum Gasteiger partial charge on any atom is 0.330 e. The Hall–Kier alpha value is -1.24. The van der Waals surface area contributed by atoms with Gasteiger partial charge in [0.2, 0.25) is 0 Å². The molecule has 2 aliphatic heterocycles. The van der Waals surface area contributed by atoms with Crippen LogP contribution < -0.4 is 0 Å². The molecule has 20 heavy (non-hydrogen) atoms. The van der Waals surface area contributed by atoms with Gasteiger partial charge in [0.1, 0.15) is 12.4 Å². The molecule has 2 heterocycles. The first-order valence-electron chi connectivity index (χ1n) is 6.62. The molecule has 6 heteroatoms. The van der Waals surface area contributed by atoms with E-state index in [9.17, 15) is 9.59 Å². The van der Waals surface area contributed by atoms with E-state index in [2.05, 4.69) is 4.74 Å². The second-order valence-electron chi connectivity index (χ2n) is 5.39. The number of hydrogen-bond donors (Lipinski definition) is 0. The number of methoxy groups -OCH3 is 1. The van der Waals surface area contributed by atoms with Crippen LogP contribution >= 0.6 is 0 Å². The summed E-state index contributed by atoms with van der Waals surface area (Å²) < 4.78 is 21.6. The van der Waals surface area contributed by atoms with Gasteiger partial charge in [-0.15, -0.1) is 0 Å². The summed E-state index contributed by atoms with van der Waals surface area (Å²) in [7, 11) is 1.32. The van der Waals surface area contributed by atoms with E-state index in [1.807, 2.05) is 13.8 Å². The molecule has 2 fully saturated rings. The molecule has 0 saturated carbocycles. The van der Waals surface area contributed by atoms with Crippen LogP contribution in [-0.4, -0.2) is 50.6 Å². The second kappa shape index (κ2) is 6.03. The van der Waals surface area contributed by atoms with Gasteiger partial charge in [0.25, 0.3) is 0 Å². The number of carbonyl (C=O) groups excluding carboxylic acids is 2. The lowest BCUT2D eigenvalue weighted by Crippen LogP contribution is -2.35. The van der Waals surface area contributed by atoms with Crippen molar-refractivity contribution >= 4 is 12.3 Å². The molecule has 0 bridgehead atoms. The minimum Gasteiger partial charge on any atom is -0.466 e. The first-order valence-corrected chi connectivity index (χ1v) is 6.62. The Morgan fingerprint density at radius 1 is 1.50 bits per heavy atom. The van der Waals surface area contributed by atoms with E-state index in [0.29, 0.717) is 13.2 Å². The van der Waals surface area contributed by atoms with Gasteiger partial charge in [0.05, 0.1) is 26.4 Å². The van der Waals surface area contributed by atoms with Gasteiger partial charge in [-0.2, -0.15) is 0 Å². The van der Waals surface area contributed by atoms with Gasteiger partial charge in [0.15, 0.2) is 5.79 Å². The molecular weight excluding hydrogens is 264 g/mol. The van der Waals surface area contributed by atoms with E-state index in [1.54, 1.807) is 0 Å². The first-order chi connectivity index (χ1) is 9.46. The highest BCUT2D eigenvalue weighted by molar-refractivity contribution is 5.83. The Labute approximate surface area is 118 Å². The number of carbonyl (C=O) groups is 2. The number of ether oxygens (including phenoxy) is 4. The number of esters is 1. The largest absolute Gasteiger partial charge is 0.466 e. The van der Waals surface area contributed by atoms with Crippen molar-refractivity contribution in [2.24, 2.45) is 5.92 Å². The molecule has 0 aliphatic carbocycles. The van der Waals surface area contributed by atoms with Gasteiger partial charge < -0.3 is 23.7 Å². The van der Waals surface area contributed by atoms with E-state index in [1.165, 1.54) is 13.2 Å². The van der Waals surface area contributed by atoms with Crippen molar-refractivity contribution in [2.45, 2.75) is 38.3 Å². The second-order valence-corrected chi connectivity index (χ2v) is 5.39. The predicted octanol–water partition coefficient (Wildman–Crippen LogP) is 0.841. The minimum atomic E-state index is -0.644. The van der Waals surface area contributed by atoms with E-state index in [0.717, 1.165) is 11.9 Å². The third-order valence-electron chi connectivity index (χ3n) is 3.57. The van der Waals surface area contributed by atoms with Crippen LogP contribution in [0, 0.1) is 5.92 Å². The van der Waals surface area contributed by atoms with Crippen molar-refractivity contribution in [2.75, 3.05) is 20.3 Å². The Morgan fingerprint density at radius 3 is 2.80 bits per heavy atom.